The third-order valence-electron chi connectivity index (χ3n) is 3.34. The van der Waals surface area contributed by atoms with E-state index in [1.807, 2.05) is 11.8 Å². The lowest BCUT2D eigenvalue weighted by Gasteiger charge is -2.35. The van der Waals surface area contributed by atoms with E-state index in [1.54, 1.807) is 0 Å². The summed E-state index contributed by atoms with van der Waals surface area (Å²) in [7, 11) is 0. The second-order valence-electron chi connectivity index (χ2n) is 5.23. The monoisotopic (exact) mass is 241 g/mol. The molecule has 4 nitrogen and oxygen atoms in total. The van der Waals surface area contributed by atoms with E-state index in [-0.39, 0.29) is 11.9 Å². The first-order chi connectivity index (χ1) is 8.06. The van der Waals surface area contributed by atoms with Gasteiger partial charge in [0.05, 0.1) is 6.04 Å². The molecule has 1 heterocycles. The molecule has 1 amide bonds. The van der Waals surface area contributed by atoms with Crippen LogP contribution in [0.5, 0.6) is 0 Å². The Morgan fingerprint density at radius 1 is 1.29 bits per heavy atom. The van der Waals surface area contributed by atoms with Crippen molar-refractivity contribution in [1.29, 1.82) is 0 Å². The van der Waals surface area contributed by atoms with Crippen molar-refractivity contribution in [2.75, 3.05) is 39.3 Å². The van der Waals surface area contributed by atoms with Crippen molar-refractivity contribution in [3.8, 4) is 0 Å². The number of nitrogens with zero attached hydrogens (tertiary/aromatic N) is 2. The molecule has 1 unspecified atom stereocenters. The van der Waals surface area contributed by atoms with E-state index in [2.05, 4.69) is 31.0 Å². The van der Waals surface area contributed by atoms with E-state index in [0.29, 0.717) is 5.92 Å². The molecule has 0 bridgehead atoms. The summed E-state index contributed by atoms with van der Waals surface area (Å²) in [5, 5.41) is 3.28. The highest BCUT2D eigenvalue weighted by Crippen LogP contribution is 2.08. The largest absolute Gasteiger partial charge is 0.339 e. The number of carbonyl (C=O) groups excluding carboxylic acids is 1. The molecular formula is C13H27N3O. The van der Waals surface area contributed by atoms with Crippen LogP contribution in [0.4, 0.5) is 0 Å². The number of hydrogen-bond donors (Lipinski definition) is 1. The number of amides is 1. The van der Waals surface area contributed by atoms with Gasteiger partial charge in [0.25, 0.3) is 0 Å². The summed E-state index contributed by atoms with van der Waals surface area (Å²) >= 11 is 0. The van der Waals surface area contributed by atoms with Crippen molar-refractivity contribution >= 4 is 5.91 Å². The Labute approximate surface area is 105 Å². The Kier molecular flexibility index (Phi) is 5.92. The summed E-state index contributed by atoms with van der Waals surface area (Å²) in [4.78, 5) is 16.6. The SMILES string of the molecule is CCN(CC(C)C)C(C)C(=O)N1CCNCC1. The zero-order valence-corrected chi connectivity index (χ0v) is 11.7. The number of carbonyl (C=O) groups is 1. The summed E-state index contributed by atoms with van der Waals surface area (Å²) in [6, 6.07) is 0.0144. The lowest BCUT2D eigenvalue weighted by Crippen LogP contribution is -2.53. The maximum atomic E-state index is 12.3. The van der Waals surface area contributed by atoms with Crippen LogP contribution >= 0.6 is 0 Å². The maximum absolute atomic E-state index is 12.3. The summed E-state index contributed by atoms with van der Waals surface area (Å²) in [5.74, 6) is 0.891. The van der Waals surface area contributed by atoms with Crippen LogP contribution in [0.15, 0.2) is 0 Å². The summed E-state index contributed by atoms with van der Waals surface area (Å²) in [5.41, 5.74) is 0. The summed E-state index contributed by atoms with van der Waals surface area (Å²) in [6.45, 7) is 14.1. The van der Waals surface area contributed by atoms with Crippen molar-refractivity contribution in [3.05, 3.63) is 0 Å². The molecule has 1 aliphatic heterocycles. The first-order valence-corrected chi connectivity index (χ1v) is 6.79. The summed E-state index contributed by atoms with van der Waals surface area (Å²) in [6.07, 6.45) is 0. The molecule has 0 aliphatic carbocycles. The minimum absolute atomic E-state index is 0.0144. The van der Waals surface area contributed by atoms with Crippen molar-refractivity contribution in [2.24, 2.45) is 5.92 Å². The average Bonchev–Trinajstić information content (AvgIpc) is 2.35. The van der Waals surface area contributed by atoms with Crippen LogP contribution in [0.3, 0.4) is 0 Å². The molecule has 4 heteroatoms. The number of rotatable bonds is 5. The second kappa shape index (κ2) is 6.97. The van der Waals surface area contributed by atoms with E-state index < -0.39 is 0 Å². The Morgan fingerprint density at radius 2 is 1.88 bits per heavy atom. The van der Waals surface area contributed by atoms with Crippen LogP contribution < -0.4 is 5.32 Å². The lowest BCUT2D eigenvalue weighted by atomic mass is 10.1. The average molecular weight is 241 g/mol. The number of hydrogen-bond acceptors (Lipinski definition) is 3. The minimum atomic E-state index is 0.0144. The van der Waals surface area contributed by atoms with E-state index in [1.165, 1.54) is 0 Å². The molecular weight excluding hydrogens is 214 g/mol. The van der Waals surface area contributed by atoms with Crippen molar-refractivity contribution < 1.29 is 4.79 Å². The van der Waals surface area contributed by atoms with Gasteiger partial charge < -0.3 is 10.2 Å². The Morgan fingerprint density at radius 3 is 2.35 bits per heavy atom. The normalized spacial score (nSPS) is 18.8. The molecule has 0 spiro atoms. The van der Waals surface area contributed by atoms with Crippen molar-refractivity contribution in [1.82, 2.24) is 15.1 Å². The molecule has 1 N–H and O–H groups in total. The zero-order valence-electron chi connectivity index (χ0n) is 11.7. The Bertz CT molecular complexity index is 237. The van der Waals surface area contributed by atoms with Crippen LogP contribution in [0.2, 0.25) is 0 Å². The van der Waals surface area contributed by atoms with Crippen LogP contribution in [0.1, 0.15) is 27.7 Å². The fourth-order valence-corrected chi connectivity index (χ4v) is 2.34. The van der Waals surface area contributed by atoms with Gasteiger partial charge in [-0.25, -0.2) is 0 Å². The minimum Gasteiger partial charge on any atom is -0.339 e. The van der Waals surface area contributed by atoms with Crippen LogP contribution in [-0.2, 0) is 4.79 Å². The van der Waals surface area contributed by atoms with Crippen LogP contribution in [0.25, 0.3) is 0 Å². The molecule has 1 aliphatic rings. The van der Waals surface area contributed by atoms with Crippen LogP contribution in [0, 0.1) is 5.92 Å². The number of nitrogens with one attached hydrogen (secondary N) is 1. The standard InChI is InChI=1S/C13H27N3O/c1-5-15(10-11(2)3)12(4)13(17)16-8-6-14-7-9-16/h11-12,14H,5-10H2,1-4H3. The Balaban J connectivity index is 2.53. The van der Waals surface area contributed by atoms with E-state index in [4.69, 9.17) is 0 Å². The molecule has 0 aromatic carbocycles. The first kappa shape index (κ1) is 14.5. The van der Waals surface area contributed by atoms with Gasteiger partial charge in [0, 0.05) is 32.7 Å². The number of piperazine rings is 1. The van der Waals surface area contributed by atoms with Gasteiger partial charge in [-0.1, -0.05) is 20.8 Å². The molecule has 0 saturated carbocycles. The van der Waals surface area contributed by atoms with Gasteiger partial charge >= 0.3 is 0 Å². The predicted octanol–water partition coefficient (Wildman–Crippen LogP) is 0.785. The van der Waals surface area contributed by atoms with Crippen molar-refractivity contribution in [2.45, 2.75) is 33.7 Å². The van der Waals surface area contributed by atoms with Gasteiger partial charge in [-0.15, -0.1) is 0 Å². The third-order valence-corrected chi connectivity index (χ3v) is 3.34. The van der Waals surface area contributed by atoms with Gasteiger partial charge in [0.15, 0.2) is 0 Å². The van der Waals surface area contributed by atoms with E-state index in [0.717, 1.165) is 39.3 Å². The van der Waals surface area contributed by atoms with E-state index in [9.17, 15) is 4.79 Å². The molecule has 1 fully saturated rings. The topological polar surface area (TPSA) is 35.6 Å². The highest BCUT2D eigenvalue weighted by atomic mass is 16.2. The zero-order chi connectivity index (χ0) is 12.8. The van der Waals surface area contributed by atoms with Gasteiger partial charge in [0.2, 0.25) is 5.91 Å². The van der Waals surface area contributed by atoms with Crippen LogP contribution in [-0.4, -0.2) is 61.0 Å². The van der Waals surface area contributed by atoms with Crippen molar-refractivity contribution in [3.63, 3.8) is 0 Å². The molecule has 0 aromatic heterocycles. The molecule has 1 saturated heterocycles. The third kappa shape index (κ3) is 4.28. The molecule has 100 valence electrons. The van der Waals surface area contributed by atoms with Gasteiger partial charge in [0.1, 0.15) is 0 Å². The van der Waals surface area contributed by atoms with Gasteiger partial charge in [-0.05, 0) is 19.4 Å². The maximum Gasteiger partial charge on any atom is 0.239 e. The van der Waals surface area contributed by atoms with Gasteiger partial charge in [-0.3, -0.25) is 9.69 Å². The molecule has 0 aromatic rings. The van der Waals surface area contributed by atoms with E-state index >= 15 is 0 Å². The highest BCUT2D eigenvalue weighted by molar-refractivity contribution is 5.81. The summed E-state index contributed by atoms with van der Waals surface area (Å²) < 4.78 is 0. The fraction of sp³-hybridized carbons (Fsp3) is 0.923. The lowest BCUT2D eigenvalue weighted by molar-refractivity contribution is -0.137. The number of likely N-dealkylation sites (N-methyl/N-ethyl adjacent to an activating group) is 1. The molecule has 17 heavy (non-hydrogen) atoms. The highest BCUT2D eigenvalue weighted by Gasteiger charge is 2.26. The molecule has 1 atom stereocenters. The first-order valence-electron chi connectivity index (χ1n) is 6.79. The Hall–Kier alpha value is -0.610. The molecule has 1 rings (SSSR count). The predicted molar refractivity (Wildman–Crippen MR) is 71.0 cm³/mol. The smallest absolute Gasteiger partial charge is 0.239 e. The fourth-order valence-electron chi connectivity index (χ4n) is 2.34. The quantitative estimate of drug-likeness (QED) is 0.773. The molecule has 0 radical (unpaired) electrons. The van der Waals surface area contributed by atoms with Gasteiger partial charge in [-0.2, -0.15) is 0 Å². The second-order valence-corrected chi connectivity index (χ2v) is 5.23.